The van der Waals surface area contributed by atoms with Crippen molar-refractivity contribution in [2.75, 3.05) is 0 Å². The van der Waals surface area contributed by atoms with Gasteiger partial charge in [-0.25, -0.2) is 13.6 Å². The molecule has 0 bridgehead atoms. The lowest BCUT2D eigenvalue weighted by Gasteiger charge is -2.17. The molecule has 41 heavy (non-hydrogen) atoms. The summed E-state index contributed by atoms with van der Waals surface area (Å²) in [4.78, 5) is 1.77. The number of halogens is 10. The molecule has 2 heterocycles. The van der Waals surface area contributed by atoms with E-state index in [0.717, 1.165) is 24.3 Å². The standard InChI is InChI=1S/C16H5F5N2OS.C9H2F5NS/c1-23-9-4-8(17)5-10(6-9)24-13-3-2-12-14(11(13)7-22)25-16(20,21)15(12,18)19;10-6-2-1-5-7(4(6)3-15)16-9(13,14)8(5,11)12/h2-6H;1-2H. The first-order valence-electron chi connectivity index (χ1n) is 10.6. The fourth-order valence-electron chi connectivity index (χ4n) is 3.62. The third-order valence-corrected chi connectivity index (χ3v) is 7.81. The predicted molar refractivity (Wildman–Crippen MR) is 124 cm³/mol. The summed E-state index contributed by atoms with van der Waals surface area (Å²) in [6.07, 6.45) is 0. The molecular weight excluding hydrogens is 612 g/mol. The van der Waals surface area contributed by atoms with Crippen molar-refractivity contribution in [2.45, 2.75) is 32.1 Å². The minimum atomic E-state index is -4.42. The summed E-state index contributed by atoms with van der Waals surface area (Å²) in [6.45, 7) is 6.86. The quantitative estimate of drug-likeness (QED) is 0.211. The Bertz CT molecular complexity index is 1710. The Morgan fingerprint density at radius 3 is 1.76 bits per heavy atom. The van der Waals surface area contributed by atoms with Crippen LogP contribution in [0.3, 0.4) is 0 Å². The monoisotopic (exact) mass is 619 g/mol. The van der Waals surface area contributed by atoms with Crippen molar-refractivity contribution < 1.29 is 48.6 Å². The molecule has 0 radical (unpaired) electrons. The van der Waals surface area contributed by atoms with Crippen LogP contribution in [0.25, 0.3) is 4.85 Å². The Labute approximate surface area is 231 Å². The van der Waals surface area contributed by atoms with Crippen molar-refractivity contribution in [2.24, 2.45) is 0 Å². The second-order valence-electron chi connectivity index (χ2n) is 8.08. The van der Waals surface area contributed by atoms with Crippen LogP contribution < -0.4 is 4.74 Å². The summed E-state index contributed by atoms with van der Waals surface area (Å²) >= 11 is -0.902. The SMILES string of the molecule is N#Cc1c(F)ccc2c1SC(F)(F)C2(F)F.[C-]#[N+]c1cc(F)cc(Oc2ccc3c(c2C#N)SC(F)(F)C3(F)F)c1. The van der Waals surface area contributed by atoms with Crippen molar-refractivity contribution in [1.82, 2.24) is 0 Å². The summed E-state index contributed by atoms with van der Waals surface area (Å²) < 4.78 is 138. The molecule has 0 saturated heterocycles. The van der Waals surface area contributed by atoms with Crippen LogP contribution in [-0.2, 0) is 11.8 Å². The number of hydrogen-bond acceptors (Lipinski definition) is 5. The fourth-order valence-corrected chi connectivity index (χ4v) is 5.72. The van der Waals surface area contributed by atoms with Gasteiger partial charge in [0.25, 0.3) is 0 Å². The highest BCUT2D eigenvalue weighted by Crippen LogP contribution is 2.63. The number of benzene rings is 3. The molecule has 5 rings (SSSR count). The van der Waals surface area contributed by atoms with Crippen LogP contribution >= 0.6 is 23.5 Å². The van der Waals surface area contributed by atoms with Gasteiger partial charge in [0.15, 0.2) is 5.69 Å². The van der Waals surface area contributed by atoms with Gasteiger partial charge >= 0.3 is 22.4 Å². The van der Waals surface area contributed by atoms with E-state index in [4.69, 9.17) is 16.6 Å². The molecule has 210 valence electrons. The predicted octanol–water partition coefficient (Wildman–Crippen LogP) is 9.32. The molecule has 0 unspecified atom stereocenters. The fraction of sp³-hybridized carbons (Fsp3) is 0.160. The van der Waals surface area contributed by atoms with Gasteiger partial charge in [-0.3, -0.25) is 0 Å². The molecule has 3 aromatic rings. The lowest BCUT2D eigenvalue weighted by Crippen LogP contribution is -2.29. The summed E-state index contributed by atoms with van der Waals surface area (Å²) in [6, 6.07) is 8.77. The maximum absolute atomic E-state index is 13.7. The normalized spacial score (nSPS) is 18.0. The van der Waals surface area contributed by atoms with Crippen LogP contribution in [0, 0.1) is 40.9 Å². The zero-order chi connectivity index (χ0) is 30.5. The van der Waals surface area contributed by atoms with E-state index in [9.17, 15) is 49.2 Å². The smallest absolute Gasteiger partial charge is 0.364 e. The molecule has 0 amide bonds. The number of ether oxygens (including phenoxy) is 1. The summed E-state index contributed by atoms with van der Waals surface area (Å²) in [7, 11) is 0. The number of nitrogens with zero attached hydrogens (tertiary/aromatic N) is 3. The van der Waals surface area contributed by atoms with E-state index < -0.39 is 89.6 Å². The molecule has 2 aliphatic heterocycles. The number of fused-ring (bicyclic) bond motifs is 2. The Kier molecular flexibility index (Phi) is 7.36. The third kappa shape index (κ3) is 4.89. The topological polar surface area (TPSA) is 61.2 Å². The van der Waals surface area contributed by atoms with Gasteiger partial charge in [-0.15, -0.1) is 0 Å². The number of rotatable bonds is 2. The Morgan fingerprint density at radius 1 is 0.732 bits per heavy atom. The van der Waals surface area contributed by atoms with Crippen molar-refractivity contribution in [3.8, 4) is 23.6 Å². The lowest BCUT2D eigenvalue weighted by molar-refractivity contribution is -0.154. The minimum absolute atomic E-state index is 0.0814. The van der Waals surface area contributed by atoms with E-state index in [1.807, 2.05) is 0 Å². The van der Waals surface area contributed by atoms with Gasteiger partial charge in [0.05, 0.1) is 6.57 Å². The zero-order valence-corrected chi connectivity index (χ0v) is 21.0. The molecule has 0 saturated carbocycles. The van der Waals surface area contributed by atoms with Crippen LogP contribution in [0.4, 0.5) is 49.6 Å². The Morgan fingerprint density at radius 2 is 1.24 bits per heavy atom. The highest BCUT2D eigenvalue weighted by atomic mass is 32.2. The van der Waals surface area contributed by atoms with E-state index >= 15 is 0 Å². The van der Waals surface area contributed by atoms with Crippen LogP contribution in [-0.4, -0.2) is 10.5 Å². The van der Waals surface area contributed by atoms with Gasteiger partial charge in [0, 0.05) is 27.0 Å². The molecule has 4 nitrogen and oxygen atoms in total. The molecule has 0 aromatic heterocycles. The Hall–Kier alpha value is -4.07. The van der Waals surface area contributed by atoms with E-state index in [-0.39, 0.29) is 17.2 Å². The molecule has 16 heteroatoms. The van der Waals surface area contributed by atoms with E-state index in [1.165, 1.54) is 12.1 Å². The van der Waals surface area contributed by atoms with Crippen LogP contribution in [0.5, 0.6) is 11.5 Å². The molecule has 2 aliphatic rings. The average molecular weight is 619 g/mol. The van der Waals surface area contributed by atoms with Crippen molar-refractivity contribution in [1.29, 1.82) is 10.5 Å². The van der Waals surface area contributed by atoms with E-state index in [0.29, 0.717) is 12.1 Å². The van der Waals surface area contributed by atoms with Gasteiger partial charge in [-0.05, 0) is 59.9 Å². The average Bonchev–Trinajstić information content (AvgIpc) is 3.18. The zero-order valence-electron chi connectivity index (χ0n) is 19.4. The molecule has 0 aliphatic carbocycles. The molecule has 0 spiro atoms. The highest BCUT2D eigenvalue weighted by molar-refractivity contribution is 8.01. The molecule has 0 fully saturated rings. The lowest BCUT2D eigenvalue weighted by atomic mass is 10.0. The third-order valence-electron chi connectivity index (χ3n) is 5.53. The molecule has 3 aromatic carbocycles. The number of alkyl halides is 8. The van der Waals surface area contributed by atoms with Gasteiger partial charge in [-0.2, -0.15) is 45.6 Å². The molecule has 0 atom stereocenters. The van der Waals surface area contributed by atoms with E-state index in [1.54, 1.807) is 6.07 Å². The maximum atomic E-state index is 13.7. The van der Waals surface area contributed by atoms with E-state index in [2.05, 4.69) is 4.85 Å². The molecular formula is C25H7F10N3OS2. The Balaban J connectivity index is 0.000000208. The first-order valence-corrected chi connectivity index (χ1v) is 12.2. The van der Waals surface area contributed by atoms with Crippen LogP contribution in [0.15, 0.2) is 52.3 Å². The second kappa shape index (κ2) is 10.1. The maximum Gasteiger partial charge on any atom is 0.364 e. The van der Waals surface area contributed by atoms with Crippen LogP contribution in [0.2, 0.25) is 0 Å². The number of thioether (sulfide) groups is 2. The first-order chi connectivity index (χ1) is 19.0. The van der Waals surface area contributed by atoms with Crippen molar-refractivity contribution >= 4 is 29.2 Å². The van der Waals surface area contributed by atoms with Crippen molar-refractivity contribution in [3.05, 3.63) is 87.8 Å². The second-order valence-corrected chi connectivity index (χ2v) is 10.3. The van der Waals surface area contributed by atoms with Gasteiger partial charge < -0.3 is 4.74 Å². The summed E-state index contributed by atoms with van der Waals surface area (Å²) in [5.74, 6) is -11.1. The highest BCUT2D eigenvalue weighted by Gasteiger charge is 2.66. The summed E-state index contributed by atoms with van der Waals surface area (Å²) in [5, 5.41) is 8.98. The summed E-state index contributed by atoms with van der Waals surface area (Å²) in [5.41, 5.74) is -3.32. The molecule has 0 N–H and O–H groups in total. The number of hydrogen-bond donors (Lipinski definition) is 0. The minimum Gasteiger partial charge on any atom is -0.457 e. The number of nitriles is 2. The largest absolute Gasteiger partial charge is 0.457 e. The van der Waals surface area contributed by atoms with Crippen LogP contribution in [0.1, 0.15) is 22.3 Å². The van der Waals surface area contributed by atoms with Gasteiger partial charge in [0.2, 0.25) is 0 Å². The van der Waals surface area contributed by atoms with Gasteiger partial charge in [-0.1, -0.05) is 0 Å². The first kappa shape index (κ1) is 29.9. The van der Waals surface area contributed by atoms with Crippen molar-refractivity contribution in [3.63, 3.8) is 0 Å². The van der Waals surface area contributed by atoms with Gasteiger partial charge in [0.1, 0.15) is 46.4 Å².